The van der Waals surface area contributed by atoms with Crippen LogP contribution in [-0.2, 0) is 12.5 Å². The molecule has 2 aromatic heterocycles. The van der Waals surface area contributed by atoms with Crippen molar-refractivity contribution >= 4 is 0 Å². The number of benzene rings is 1. The fourth-order valence-corrected chi connectivity index (χ4v) is 5.17. The molecule has 0 fully saturated rings. The van der Waals surface area contributed by atoms with Gasteiger partial charge in [-0.25, -0.2) is 0 Å². The van der Waals surface area contributed by atoms with Gasteiger partial charge < -0.3 is 0 Å². The molecule has 1 aliphatic heterocycles. The highest BCUT2D eigenvalue weighted by Crippen LogP contribution is 2.48. The summed E-state index contributed by atoms with van der Waals surface area (Å²) in [5.41, 5.74) is 8.15. The Hall–Kier alpha value is -2.42. The molecule has 0 aliphatic carbocycles. The van der Waals surface area contributed by atoms with Gasteiger partial charge in [0, 0.05) is 30.9 Å². The lowest BCUT2D eigenvalue weighted by Gasteiger charge is -2.40. The van der Waals surface area contributed by atoms with Gasteiger partial charge in [0.15, 0.2) is 12.2 Å². The first-order valence-corrected chi connectivity index (χ1v) is 10.7. The lowest BCUT2D eigenvalue weighted by molar-refractivity contribution is -0.721. The quantitative estimate of drug-likeness (QED) is 0.520. The first kappa shape index (κ1) is 18.9. The van der Waals surface area contributed by atoms with Crippen molar-refractivity contribution in [3.63, 3.8) is 0 Å². The fraction of sp³-hybridized carbons (Fsp3) is 0.440. The van der Waals surface area contributed by atoms with Gasteiger partial charge in [-0.1, -0.05) is 38.8 Å². The second-order valence-corrected chi connectivity index (χ2v) is 8.39. The minimum atomic E-state index is 0.184. The fourth-order valence-electron chi connectivity index (χ4n) is 5.17. The topological polar surface area (TPSA) is 21.7 Å². The number of pyridine rings is 1. The van der Waals surface area contributed by atoms with Crippen LogP contribution in [0.25, 0.3) is 22.5 Å². The molecule has 3 aromatic rings. The van der Waals surface area contributed by atoms with Gasteiger partial charge in [-0.05, 0) is 49.9 Å². The summed E-state index contributed by atoms with van der Waals surface area (Å²) >= 11 is 0. The van der Waals surface area contributed by atoms with Crippen LogP contribution in [0, 0.1) is 6.92 Å². The number of aryl methyl sites for hydroxylation is 2. The third-order valence-corrected chi connectivity index (χ3v) is 6.91. The van der Waals surface area contributed by atoms with Crippen LogP contribution < -0.4 is 4.57 Å². The lowest BCUT2D eigenvalue weighted by atomic mass is 9.65. The Morgan fingerprint density at radius 2 is 1.96 bits per heavy atom. The van der Waals surface area contributed by atoms with Gasteiger partial charge in [-0.2, -0.15) is 9.67 Å². The normalized spacial score (nSPS) is 20.7. The van der Waals surface area contributed by atoms with E-state index in [-0.39, 0.29) is 5.41 Å². The van der Waals surface area contributed by atoms with Gasteiger partial charge in [0.2, 0.25) is 5.69 Å². The molecular weight excluding hydrogens is 342 g/mol. The van der Waals surface area contributed by atoms with Crippen LogP contribution in [-0.4, -0.2) is 9.78 Å². The molecule has 0 saturated carbocycles. The van der Waals surface area contributed by atoms with Gasteiger partial charge in [-0.15, -0.1) is 0 Å². The molecule has 4 rings (SSSR count). The molecule has 0 bridgehead atoms. The molecule has 0 radical (unpaired) electrons. The highest BCUT2D eigenvalue weighted by atomic mass is 15.3. The van der Waals surface area contributed by atoms with Crippen LogP contribution in [0.2, 0.25) is 0 Å². The maximum absolute atomic E-state index is 4.37. The minimum Gasteiger partial charge on any atom is -0.268 e. The van der Waals surface area contributed by atoms with Gasteiger partial charge in [0.25, 0.3) is 0 Å². The zero-order valence-electron chi connectivity index (χ0n) is 17.9. The maximum atomic E-state index is 4.37. The van der Waals surface area contributed by atoms with Gasteiger partial charge in [-0.3, -0.25) is 4.68 Å². The third kappa shape index (κ3) is 2.80. The zero-order valence-corrected chi connectivity index (χ0v) is 17.9. The zero-order chi connectivity index (χ0) is 19.9. The SMILES string of the molecule is CCCCC1(CC)c2ccc(-c3ccnn3C)cc2-c2cc(C)cc[n+]2C1C. The molecule has 3 heteroatoms. The number of fused-ring (bicyclic) bond motifs is 3. The predicted molar refractivity (Wildman–Crippen MR) is 115 cm³/mol. The molecular formula is C25H32N3+. The van der Waals surface area contributed by atoms with Crippen LogP contribution in [0.4, 0.5) is 0 Å². The standard InChI is InChI=1S/C25H32N3/c1-6-8-13-25(7-2)19(4)28-15-12-18(3)16-24(28)21-17-20(9-10-22(21)25)23-11-14-26-27(23)5/h9-12,14-17,19H,6-8,13H2,1-5H3/q+1. The number of rotatable bonds is 5. The largest absolute Gasteiger partial charge is 0.268 e. The number of hydrogen-bond acceptors (Lipinski definition) is 1. The summed E-state index contributed by atoms with van der Waals surface area (Å²) in [4.78, 5) is 0. The molecule has 0 saturated heterocycles. The Morgan fingerprint density at radius 3 is 2.64 bits per heavy atom. The van der Waals surface area contributed by atoms with Crippen molar-refractivity contribution in [2.24, 2.45) is 7.05 Å². The molecule has 146 valence electrons. The van der Waals surface area contributed by atoms with Crippen molar-refractivity contribution in [1.82, 2.24) is 9.78 Å². The average Bonchev–Trinajstić information content (AvgIpc) is 3.14. The summed E-state index contributed by atoms with van der Waals surface area (Å²) < 4.78 is 4.48. The van der Waals surface area contributed by atoms with Crippen molar-refractivity contribution in [3.8, 4) is 22.5 Å². The summed E-state index contributed by atoms with van der Waals surface area (Å²) in [5, 5.41) is 4.37. The Morgan fingerprint density at radius 1 is 1.14 bits per heavy atom. The van der Waals surface area contributed by atoms with Crippen LogP contribution in [0.3, 0.4) is 0 Å². The van der Waals surface area contributed by atoms with Gasteiger partial charge in [0.1, 0.15) is 0 Å². The van der Waals surface area contributed by atoms with E-state index in [1.165, 1.54) is 47.2 Å². The number of hydrogen-bond donors (Lipinski definition) is 0. The predicted octanol–water partition coefficient (Wildman–Crippen LogP) is 5.76. The Bertz CT molecular complexity index is 1000. The smallest absolute Gasteiger partial charge is 0.213 e. The van der Waals surface area contributed by atoms with E-state index in [0.29, 0.717) is 6.04 Å². The minimum absolute atomic E-state index is 0.184. The van der Waals surface area contributed by atoms with Crippen molar-refractivity contribution < 1.29 is 4.57 Å². The van der Waals surface area contributed by atoms with Crippen LogP contribution in [0.15, 0.2) is 48.8 Å². The number of nitrogens with zero attached hydrogens (tertiary/aromatic N) is 3. The maximum Gasteiger partial charge on any atom is 0.213 e. The Labute approximate surface area is 169 Å². The second kappa shape index (κ2) is 7.20. The summed E-state index contributed by atoms with van der Waals surface area (Å²) in [5.74, 6) is 0. The van der Waals surface area contributed by atoms with E-state index in [0.717, 1.165) is 12.1 Å². The summed E-state index contributed by atoms with van der Waals surface area (Å²) in [6.07, 6.45) is 9.07. The van der Waals surface area contributed by atoms with E-state index in [4.69, 9.17) is 0 Å². The first-order valence-electron chi connectivity index (χ1n) is 10.7. The Kier molecular flexibility index (Phi) is 4.86. The van der Waals surface area contributed by atoms with Crippen LogP contribution >= 0.6 is 0 Å². The Balaban J connectivity index is 1.98. The highest BCUT2D eigenvalue weighted by molar-refractivity contribution is 5.73. The lowest BCUT2D eigenvalue weighted by Crippen LogP contribution is -2.54. The summed E-state index contributed by atoms with van der Waals surface area (Å²) in [6, 6.07) is 14.2. The van der Waals surface area contributed by atoms with E-state index >= 15 is 0 Å². The first-order chi connectivity index (χ1) is 13.5. The van der Waals surface area contributed by atoms with E-state index < -0.39 is 0 Å². The highest BCUT2D eigenvalue weighted by Gasteiger charge is 2.48. The molecule has 0 amide bonds. The van der Waals surface area contributed by atoms with Crippen LogP contribution in [0.5, 0.6) is 0 Å². The van der Waals surface area contributed by atoms with Crippen LogP contribution in [0.1, 0.15) is 63.6 Å². The molecule has 3 heterocycles. The molecule has 1 aliphatic rings. The summed E-state index contributed by atoms with van der Waals surface area (Å²) in [6.45, 7) is 9.27. The molecule has 28 heavy (non-hydrogen) atoms. The van der Waals surface area contributed by atoms with Gasteiger partial charge >= 0.3 is 0 Å². The number of aromatic nitrogens is 3. The third-order valence-electron chi connectivity index (χ3n) is 6.91. The van der Waals surface area contributed by atoms with Crippen molar-refractivity contribution in [3.05, 3.63) is 59.9 Å². The molecule has 0 spiro atoms. The van der Waals surface area contributed by atoms with Crippen molar-refractivity contribution in [2.45, 2.75) is 64.8 Å². The molecule has 3 nitrogen and oxygen atoms in total. The monoisotopic (exact) mass is 374 g/mol. The molecule has 2 unspecified atom stereocenters. The molecule has 1 aromatic carbocycles. The van der Waals surface area contributed by atoms with Crippen molar-refractivity contribution in [2.75, 3.05) is 0 Å². The average molecular weight is 375 g/mol. The number of unbranched alkanes of at least 4 members (excludes halogenated alkanes) is 1. The van der Waals surface area contributed by atoms with E-state index in [9.17, 15) is 0 Å². The molecule has 2 atom stereocenters. The van der Waals surface area contributed by atoms with E-state index in [1.54, 1.807) is 0 Å². The summed E-state index contributed by atoms with van der Waals surface area (Å²) in [7, 11) is 2.02. The van der Waals surface area contributed by atoms with E-state index in [2.05, 4.69) is 80.0 Å². The second-order valence-electron chi connectivity index (χ2n) is 8.39. The van der Waals surface area contributed by atoms with E-state index in [1.807, 2.05) is 17.9 Å². The molecule has 0 N–H and O–H groups in total. The van der Waals surface area contributed by atoms with Gasteiger partial charge in [0.05, 0.1) is 16.7 Å². The van der Waals surface area contributed by atoms with Crippen molar-refractivity contribution in [1.29, 1.82) is 0 Å².